The quantitative estimate of drug-likeness (QED) is 0.127. The van der Waals surface area contributed by atoms with Crippen molar-refractivity contribution in [3.8, 4) is 5.75 Å². The molecule has 0 amide bonds. The van der Waals surface area contributed by atoms with Gasteiger partial charge in [0.25, 0.3) is 5.56 Å². The average molecular weight is 842 g/mol. The molecule has 0 fully saturated rings. The van der Waals surface area contributed by atoms with Crippen molar-refractivity contribution in [3.63, 3.8) is 0 Å². The first-order chi connectivity index (χ1) is 21.8. The molecule has 0 saturated carbocycles. The second-order valence-electron chi connectivity index (χ2n) is 10.1. The number of fused-ring (bicyclic) bond motifs is 1. The Morgan fingerprint density at radius 2 is 1.62 bits per heavy atom. The SMILES string of the molecule is CCOC(=O)C1=C(c2ccccc2)N=c2s/c(=C\c3cc(I)c(OCc4ccccc4)c(I)c3)c(=O)n2[C@H]1c1ccc(F)cc1. The zero-order valence-electron chi connectivity index (χ0n) is 23.9. The van der Waals surface area contributed by atoms with Crippen LogP contribution in [0.5, 0.6) is 5.75 Å². The third-order valence-corrected chi connectivity index (χ3v) is 9.69. The fourth-order valence-electron chi connectivity index (χ4n) is 5.08. The molecule has 0 aliphatic carbocycles. The maximum absolute atomic E-state index is 14.1. The number of rotatable bonds is 8. The predicted octanol–water partition coefficient (Wildman–Crippen LogP) is 6.86. The lowest BCUT2D eigenvalue weighted by atomic mass is 9.93. The highest BCUT2D eigenvalue weighted by molar-refractivity contribution is 14.1. The van der Waals surface area contributed by atoms with Crippen LogP contribution in [0.2, 0.25) is 0 Å². The highest BCUT2D eigenvalue weighted by atomic mass is 127. The van der Waals surface area contributed by atoms with Crippen LogP contribution in [0.15, 0.2) is 112 Å². The molecule has 0 bridgehead atoms. The summed E-state index contributed by atoms with van der Waals surface area (Å²) in [6.45, 7) is 2.32. The van der Waals surface area contributed by atoms with Gasteiger partial charge in [0.2, 0.25) is 0 Å². The molecule has 1 atom stereocenters. The summed E-state index contributed by atoms with van der Waals surface area (Å²) in [5.41, 5.74) is 3.50. The van der Waals surface area contributed by atoms with Crippen molar-refractivity contribution < 1.29 is 18.7 Å². The molecule has 1 aromatic heterocycles. The zero-order chi connectivity index (χ0) is 31.5. The molecular weight excluding hydrogens is 817 g/mol. The molecule has 6 rings (SSSR count). The molecule has 10 heteroatoms. The van der Waals surface area contributed by atoms with Crippen LogP contribution >= 0.6 is 56.5 Å². The van der Waals surface area contributed by atoms with E-state index in [1.165, 1.54) is 28.0 Å². The number of halogens is 3. The van der Waals surface area contributed by atoms with Crippen molar-refractivity contribution in [2.45, 2.75) is 19.6 Å². The number of nitrogens with zero attached hydrogens (tertiary/aromatic N) is 2. The first-order valence-corrected chi connectivity index (χ1v) is 17.0. The maximum atomic E-state index is 14.1. The summed E-state index contributed by atoms with van der Waals surface area (Å²) in [5, 5.41) is 0. The predicted molar refractivity (Wildman–Crippen MR) is 190 cm³/mol. The van der Waals surface area contributed by atoms with Gasteiger partial charge in [-0.3, -0.25) is 9.36 Å². The Morgan fingerprint density at radius 3 is 2.27 bits per heavy atom. The van der Waals surface area contributed by atoms with E-state index >= 15 is 0 Å². The minimum absolute atomic E-state index is 0.146. The van der Waals surface area contributed by atoms with Crippen LogP contribution < -0.4 is 19.6 Å². The molecule has 0 N–H and O–H groups in total. The third-order valence-electron chi connectivity index (χ3n) is 7.10. The molecule has 0 saturated heterocycles. The normalized spacial score (nSPS) is 14.6. The second kappa shape index (κ2) is 13.8. The third kappa shape index (κ3) is 6.68. The number of carbonyl (C=O) groups is 1. The number of hydrogen-bond donors (Lipinski definition) is 0. The van der Waals surface area contributed by atoms with E-state index in [1.54, 1.807) is 19.1 Å². The van der Waals surface area contributed by atoms with Gasteiger partial charge in [-0.05, 0) is 99.1 Å². The molecular formula is C35H25FI2N2O4S. The largest absolute Gasteiger partial charge is 0.487 e. The van der Waals surface area contributed by atoms with Crippen LogP contribution in [0.1, 0.15) is 35.2 Å². The topological polar surface area (TPSA) is 69.9 Å². The second-order valence-corrected chi connectivity index (χ2v) is 13.4. The van der Waals surface area contributed by atoms with Crippen molar-refractivity contribution >= 4 is 74.3 Å². The number of carbonyl (C=O) groups excluding carboxylic acids is 1. The Labute approximate surface area is 289 Å². The Bertz CT molecular complexity index is 2070. The molecule has 0 radical (unpaired) electrons. The van der Waals surface area contributed by atoms with Crippen LogP contribution in [-0.2, 0) is 16.1 Å². The van der Waals surface area contributed by atoms with Crippen LogP contribution in [0, 0.1) is 13.0 Å². The van der Waals surface area contributed by atoms with Crippen molar-refractivity contribution in [3.05, 3.63) is 158 Å². The van der Waals surface area contributed by atoms with Gasteiger partial charge in [0.1, 0.15) is 18.2 Å². The standard InChI is InChI=1S/C35H25FI2N2O4S/c1-2-43-34(42)29-30(23-11-7-4-8-12-23)39-35-40(31(29)24-13-15-25(36)16-14-24)33(41)28(45-35)19-22-17-26(37)32(27(38)18-22)44-20-21-9-5-3-6-10-21/h3-19,31H,2,20H2,1H3/b28-19-/t31-/m0/s1. The van der Waals surface area contributed by atoms with Crippen molar-refractivity contribution in [1.82, 2.24) is 4.57 Å². The van der Waals surface area contributed by atoms with Gasteiger partial charge in [0.15, 0.2) is 4.80 Å². The van der Waals surface area contributed by atoms with Crippen LogP contribution in [-0.4, -0.2) is 17.1 Å². The van der Waals surface area contributed by atoms with Crippen molar-refractivity contribution in [1.29, 1.82) is 0 Å². The molecule has 0 spiro atoms. The van der Waals surface area contributed by atoms with Crippen molar-refractivity contribution in [2.75, 3.05) is 6.61 Å². The summed E-state index contributed by atoms with van der Waals surface area (Å²) in [5.74, 6) is -0.225. The van der Waals surface area contributed by atoms with Gasteiger partial charge in [0, 0.05) is 5.56 Å². The highest BCUT2D eigenvalue weighted by Gasteiger charge is 2.35. The van der Waals surface area contributed by atoms with E-state index in [2.05, 4.69) is 45.2 Å². The lowest BCUT2D eigenvalue weighted by molar-refractivity contribution is -0.138. The summed E-state index contributed by atoms with van der Waals surface area (Å²) >= 11 is 5.73. The number of ether oxygens (including phenoxy) is 2. The Balaban J connectivity index is 1.49. The molecule has 5 aromatic rings. The smallest absolute Gasteiger partial charge is 0.338 e. The first-order valence-electron chi connectivity index (χ1n) is 14.0. The summed E-state index contributed by atoms with van der Waals surface area (Å²) in [6.07, 6.45) is 1.83. The average Bonchev–Trinajstić information content (AvgIpc) is 3.35. The van der Waals surface area contributed by atoms with Crippen LogP contribution in [0.3, 0.4) is 0 Å². The lowest BCUT2D eigenvalue weighted by Crippen LogP contribution is -2.40. The van der Waals surface area contributed by atoms with E-state index in [4.69, 9.17) is 14.5 Å². The Kier molecular flexibility index (Phi) is 9.61. The number of aromatic nitrogens is 1. The molecule has 6 nitrogen and oxygen atoms in total. The molecule has 45 heavy (non-hydrogen) atoms. The fourth-order valence-corrected chi connectivity index (χ4v) is 8.21. The maximum Gasteiger partial charge on any atom is 0.338 e. The van der Waals surface area contributed by atoms with Gasteiger partial charge in [-0.25, -0.2) is 14.2 Å². The number of hydrogen-bond acceptors (Lipinski definition) is 6. The first kappa shape index (κ1) is 31.4. The molecule has 1 aliphatic heterocycles. The molecule has 0 unspecified atom stereocenters. The summed E-state index contributed by atoms with van der Waals surface area (Å²) < 4.78 is 29.4. The van der Waals surface area contributed by atoms with Crippen LogP contribution in [0.4, 0.5) is 4.39 Å². The molecule has 4 aromatic carbocycles. The Morgan fingerprint density at radius 1 is 0.978 bits per heavy atom. The Hall–Kier alpha value is -3.62. The number of esters is 1. The number of thiazole rings is 1. The van der Waals surface area contributed by atoms with E-state index in [0.717, 1.165) is 24.0 Å². The summed E-state index contributed by atoms with van der Waals surface area (Å²) in [6, 6.07) is 28.2. The minimum Gasteiger partial charge on any atom is -0.487 e. The van der Waals surface area contributed by atoms with E-state index in [1.807, 2.05) is 78.9 Å². The molecule has 226 valence electrons. The van der Waals surface area contributed by atoms with Gasteiger partial charge >= 0.3 is 5.97 Å². The summed E-state index contributed by atoms with van der Waals surface area (Å²) in [7, 11) is 0. The van der Waals surface area contributed by atoms with Gasteiger partial charge in [0.05, 0.1) is 35.6 Å². The van der Waals surface area contributed by atoms with Gasteiger partial charge < -0.3 is 9.47 Å². The minimum atomic E-state index is -0.868. The lowest BCUT2D eigenvalue weighted by Gasteiger charge is -2.25. The van der Waals surface area contributed by atoms with Gasteiger partial charge in [-0.1, -0.05) is 84.1 Å². The highest BCUT2D eigenvalue weighted by Crippen LogP contribution is 2.35. The van der Waals surface area contributed by atoms with E-state index in [0.29, 0.717) is 32.8 Å². The molecule has 2 heterocycles. The van der Waals surface area contributed by atoms with E-state index in [9.17, 15) is 14.0 Å². The van der Waals surface area contributed by atoms with Gasteiger partial charge in [-0.15, -0.1) is 0 Å². The van der Waals surface area contributed by atoms with Crippen LogP contribution in [0.25, 0.3) is 11.8 Å². The summed E-state index contributed by atoms with van der Waals surface area (Å²) in [4.78, 5) is 33.0. The number of benzene rings is 4. The monoisotopic (exact) mass is 842 g/mol. The van der Waals surface area contributed by atoms with Crippen molar-refractivity contribution in [2.24, 2.45) is 4.99 Å². The zero-order valence-corrected chi connectivity index (χ0v) is 29.0. The fraction of sp³-hybridized carbons (Fsp3) is 0.114. The van der Waals surface area contributed by atoms with E-state index in [-0.39, 0.29) is 17.7 Å². The van der Waals surface area contributed by atoms with E-state index < -0.39 is 17.8 Å². The van der Waals surface area contributed by atoms with Gasteiger partial charge in [-0.2, -0.15) is 0 Å². The molecule has 1 aliphatic rings.